The molecule has 0 aliphatic heterocycles. The van der Waals surface area contributed by atoms with Crippen LogP contribution in [0.25, 0.3) is 0 Å². The van der Waals surface area contributed by atoms with Crippen molar-refractivity contribution in [2.45, 2.75) is 52.7 Å². The average Bonchev–Trinajstić information content (AvgIpc) is 2.20. The van der Waals surface area contributed by atoms with Crippen molar-refractivity contribution in [3.05, 3.63) is 0 Å². The zero-order valence-corrected chi connectivity index (χ0v) is 10.6. The highest BCUT2D eigenvalue weighted by molar-refractivity contribution is 4.65. The predicted octanol–water partition coefficient (Wildman–Crippen LogP) is 1.80. The quantitative estimate of drug-likeness (QED) is 0.619. The summed E-state index contributed by atoms with van der Waals surface area (Å²) in [5, 5.41) is 12.8. The van der Waals surface area contributed by atoms with E-state index in [2.05, 4.69) is 26.1 Å². The Kier molecular flexibility index (Phi) is 9.06. The molecule has 3 nitrogen and oxygen atoms in total. The van der Waals surface area contributed by atoms with Crippen LogP contribution in [0.2, 0.25) is 0 Å². The number of hydrogen-bond donors (Lipinski definition) is 2. The summed E-state index contributed by atoms with van der Waals surface area (Å²) in [4.78, 5) is 0. The highest BCUT2D eigenvalue weighted by atomic mass is 16.5. The smallest absolute Gasteiger partial charge is 0.0897 e. The minimum atomic E-state index is -0.383. The largest absolute Gasteiger partial charge is 0.389 e. The number of nitrogens with one attached hydrogen (secondary N) is 1. The Hall–Kier alpha value is -0.120. The number of aliphatic hydroxyl groups is 1. The van der Waals surface area contributed by atoms with Gasteiger partial charge >= 0.3 is 0 Å². The SMILES string of the molecule is CCOCC(O)CNC(C)CCC(C)C. The zero-order valence-electron chi connectivity index (χ0n) is 10.6. The Morgan fingerprint density at radius 2 is 1.87 bits per heavy atom. The van der Waals surface area contributed by atoms with Crippen LogP contribution in [0.3, 0.4) is 0 Å². The third kappa shape index (κ3) is 10.2. The first-order valence-electron chi connectivity index (χ1n) is 6.05. The summed E-state index contributed by atoms with van der Waals surface area (Å²) in [5.74, 6) is 0.752. The number of rotatable bonds is 9. The van der Waals surface area contributed by atoms with Gasteiger partial charge in [0.25, 0.3) is 0 Å². The van der Waals surface area contributed by atoms with Crippen LogP contribution < -0.4 is 5.32 Å². The van der Waals surface area contributed by atoms with Gasteiger partial charge in [0.15, 0.2) is 0 Å². The third-order valence-corrected chi connectivity index (χ3v) is 2.39. The van der Waals surface area contributed by atoms with E-state index in [-0.39, 0.29) is 6.10 Å². The van der Waals surface area contributed by atoms with Crippen molar-refractivity contribution in [3.8, 4) is 0 Å². The molecule has 3 heteroatoms. The Morgan fingerprint density at radius 1 is 1.20 bits per heavy atom. The fourth-order valence-electron chi connectivity index (χ4n) is 1.34. The van der Waals surface area contributed by atoms with Crippen molar-refractivity contribution in [1.82, 2.24) is 5.32 Å². The van der Waals surface area contributed by atoms with Crippen LogP contribution in [0.15, 0.2) is 0 Å². The van der Waals surface area contributed by atoms with E-state index in [0.29, 0.717) is 25.8 Å². The van der Waals surface area contributed by atoms with Crippen LogP contribution in [0.4, 0.5) is 0 Å². The van der Waals surface area contributed by atoms with E-state index in [1.807, 2.05) is 6.92 Å². The van der Waals surface area contributed by atoms with E-state index in [1.54, 1.807) is 0 Å². The lowest BCUT2D eigenvalue weighted by atomic mass is 10.0. The van der Waals surface area contributed by atoms with Gasteiger partial charge in [-0.1, -0.05) is 13.8 Å². The van der Waals surface area contributed by atoms with Gasteiger partial charge in [0.1, 0.15) is 0 Å². The van der Waals surface area contributed by atoms with Crippen molar-refractivity contribution in [3.63, 3.8) is 0 Å². The molecule has 0 fully saturated rings. The summed E-state index contributed by atoms with van der Waals surface area (Å²) in [6.07, 6.45) is 2.01. The summed E-state index contributed by atoms with van der Waals surface area (Å²) in [5.41, 5.74) is 0. The van der Waals surface area contributed by atoms with E-state index in [1.165, 1.54) is 12.8 Å². The number of hydrogen-bond acceptors (Lipinski definition) is 3. The van der Waals surface area contributed by atoms with Crippen molar-refractivity contribution < 1.29 is 9.84 Å². The van der Waals surface area contributed by atoms with Gasteiger partial charge in [0.05, 0.1) is 12.7 Å². The van der Waals surface area contributed by atoms with E-state index in [9.17, 15) is 5.11 Å². The fourth-order valence-corrected chi connectivity index (χ4v) is 1.34. The maximum Gasteiger partial charge on any atom is 0.0897 e. The lowest BCUT2D eigenvalue weighted by molar-refractivity contribution is 0.0414. The lowest BCUT2D eigenvalue weighted by Crippen LogP contribution is -2.36. The van der Waals surface area contributed by atoms with Crippen molar-refractivity contribution >= 4 is 0 Å². The van der Waals surface area contributed by atoms with Crippen molar-refractivity contribution in [2.24, 2.45) is 5.92 Å². The molecule has 0 spiro atoms. The summed E-state index contributed by atoms with van der Waals surface area (Å²) < 4.78 is 5.14. The van der Waals surface area contributed by atoms with E-state index >= 15 is 0 Å². The molecule has 0 bridgehead atoms. The second kappa shape index (κ2) is 9.13. The summed E-state index contributed by atoms with van der Waals surface area (Å²) in [6, 6.07) is 0.476. The normalized spacial score (nSPS) is 15.6. The van der Waals surface area contributed by atoms with E-state index in [0.717, 1.165) is 5.92 Å². The summed E-state index contributed by atoms with van der Waals surface area (Å²) in [6.45, 7) is 10.3. The molecule has 0 aliphatic carbocycles. The summed E-state index contributed by atoms with van der Waals surface area (Å²) >= 11 is 0. The molecular formula is C12H27NO2. The molecule has 2 N–H and O–H groups in total. The molecule has 0 heterocycles. The Bertz CT molecular complexity index is 140. The minimum absolute atomic E-state index is 0.383. The van der Waals surface area contributed by atoms with Crippen LogP contribution in [0, 0.1) is 5.92 Å². The molecule has 92 valence electrons. The van der Waals surface area contributed by atoms with Gasteiger partial charge in [0.2, 0.25) is 0 Å². The van der Waals surface area contributed by atoms with E-state index < -0.39 is 0 Å². The van der Waals surface area contributed by atoms with Gasteiger partial charge in [-0.05, 0) is 32.6 Å². The van der Waals surface area contributed by atoms with Gasteiger partial charge in [-0.3, -0.25) is 0 Å². The first-order valence-corrected chi connectivity index (χ1v) is 6.05. The third-order valence-electron chi connectivity index (χ3n) is 2.39. The Balaban J connectivity index is 3.39. The molecule has 2 atom stereocenters. The lowest BCUT2D eigenvalue weighted by Gasteiger charge is -2.17. The van der Waals surface area contributed by atoms with Crippen molar-refractivity contribution in [2.75, 3.05) is 19.8 Å². The molecule has 15 heavy (non-hydrogen) atoms. The fraction of sp³-hybridized carbons (Fsp3) is 1.00. The molecule has 0 aromatic carbocycles. The van der Waals surface area contributed by atoms with Crippen LogP contribution >= 0.6 is 0 Å². The van der Waals surface area contributed by atoms with Crippen LogP contribution in [0.5, 0.6) is 0 Å². The second-order valence-electron chi connectivity index (χ2n) is 4.59. The molecule has 0 saturated heterocycles. The molecular weight excluding hydrogens is 190 g/mol. The maximum atomic E-state index is 9.52. The molecule has 0 radical (unpaired) electrons. The number of ether oxygens (including phenoxy) is 1. The Labute approximate surface area is 94.2 Å². The van der Waals surface area contributed by atoms with Crippen LogP contribution in [-0.2, 0) is 4.74 Å². The first kappa shape index (κ1) is 14.9. The van der Waals surface area contributed by atoms with Gasteiger partial charge in [0, 0.05) is 19.2 Å². The molecule has 0 saturated carbocycles. The highest BCUT2D eigenvalue weighted by Gasteiger charge is 2.07. The molecule has 0 aliphatic rings. The average molecular weight is 217 g/mol. The Morgan fingerprint density at radius 3 is 2.40 bits per heavy atom. The zero-order chi connectivity index (χ0) is 11.7. The van der Waals surface area contributed by atoms with Gasteiger partial charge in [-0.2, -0.15) is 0 Å². The standard InChI is InChI=1S/C12H27NO2/c1-5-15-9-12(14)8-13-11(4)7-6-10(2)3/h10-14H,5-9H2,1-4H3. The van der Waals surface area contributed by atoms with E-state index in [4.69, 9.17) is 4.74 Å². The van der Waals surface area contributed by atoms with Gasteiger partial charge in [-0.25, -0.2) is 0 Å². The van der Waals surface area contributed by atoms with Gasteiger partial charge < -0.3 is 15.2 Å². The highest BCUT2D eigenvalue weighted by Crippen LogP contribution is 2.06. The first-order chi connectivity index (χ1) is 7.06. The topological polar surface area (TPSA) is 41.5 Å². The van der Waals surface area contributed by atoms with Crippen LogP contribution in [0.1, 0.15) is 40.5 Å². The molecule has 0 rings (SSSR count). The monoisotopic (exact) mass is 217 g/mol. The van der Waals surface area contributed by atoms with Gasteiger partial charge in [-0.15, -0.1) is 0 Å². The molecule has 0 aromatic rings. The minimum Gasteiger partial charge on any atom is -0.389 e. The van der Waals surface area contributed by atoms with Crippen molar-refractivity contribution in [1.29, 1.82) is 0 Å². The molecule has 0 amide bonds. The van der Waals surface area contributed by atoms with Crippen LogP contribution in [-0.4, -0.2) is 37.0 Å². The maximum absolute atomic E-state index is 9.52. The summed E-state index contributed by atoms with van der Waals surface area (Å²) in [7, 11) is 0. The molecule has 0 aromatic heterocycles. The number of aliphatic hydroxyl groups excluding tert-OH is 1. The molecule has 2 unspecified atom stereocenters. The second-order valence-corrected chi connectivity index (χ2v) is 4.59. The predicted molar refractivity (Wildman–Crippen MR) is 64.0 cm³/mol.